The fourth-order valence-electron chi connectivity index (χ4n) is 2.94. The molecule has 0 bridgehead atoms. The Kier molecular flexibility index (Phi) is 4.23. The van der Waals surface area contributed by atoms with E-state index in [2.05, 4.69) is 10.3 Å². The molecular weight excluding hydrogens is 314 g/mol. The summed E-state index contributed by atoms with van der Waals surface area (Å²) in [5.74, 6) is -0.188. The highest BCUT2D eigenvalue weighted by molar-refractivity contribution is 7.89. The van der Waals surface area contributed by atoms with E-state index in [0.717, 1.165) is 18.5 Å². The molecule has 23 heavy (non-hydrogen) atoms. The number of hydrogen-bond donors (Lipinski definition) is 2. The minimum absolute atomic E-state index is 0.148. The summed E-state index contributed by atoms with van der Waals surface area (Å²) in [4.78, 5) is 14.4. The number of hydrogen-bond acceptors (Lipinski definition) is 3. The predicted octanol–water partition coefficient (Wildman–Crippen LogP) is 2.50. The van der Waals surface area contributed by atoms with Gasteiger partial charge in [0, 0.05) is 31.0 Å². The maximum absolute atomic E-state index is 12.9. The minimum atomic E-state index is -3.56. The number of rotatable bonds is 4. The molecule has 1 atom stereocenters. The Labute approximate surface area is 135 Å². The molecule has 1 fully saturated rings. The Morgan fingerprint density at radius 2 is 2.00 bits per heavy atom. The number of anilines is 1. The van der Waals surface area contributed by atoms with Crippen molar-refractivity contribution in [3.63, 3.8) is 0 Å². The fourth-order valence-corrected chi connectivity index (χ4v) is 4.61. The maximum atomic E-state index is 12.9. The SMILES string of the molecule is CC(=O)Nc1ccc(S(=O)(=O)N2CCCC2c2ccc[nH]2)cc1. The third-order valence-corrected chi connectivity index (χ3v) is 5.89. The van der Waals surface area contributed by atoms with Crippen LogP contribution in [0.5, 0.6) is 0 Å². The van der Waals surface area contributed by atoms with Crippen molar-refractivity contribution in [2.75, 3.05) is 11.9 Å². The Hall–Kier alpha value is -2.12. The van der Waals surface area contributed by atoms with Crippen LogP contribution in [0.1, 0.15) is 31.5 Å². The number of sulfonamides is 1. The number of aromatic amines is 1. The van der Waals surface area contributed by atoms with Gasteiger partial charge in [-0.1, -0.05) is 0 Å². The van der Waals surface area contributed by atoms with E-state index in [0.29, 0.717) is 12.2 Å². The van der Waals surface area contributed by atoms with Gasteiger partial charge in [-0.2, -0.15) is 4.31 Å². The highest BCUT2D eigenvalue weighted by Gasteiger charge is 2.36. The molecule has 122 valence electrons. The zero-order chi connectivity index (χ0) is 16.4. The molecule has 0 saturated carbocycles. The van der Waals surface area contributed by atoms with E-state index < -0.39 is 10.0 Å². The van der Waals surface area contributed by atoms with Gasteiger partial charge in [-0.25, -0.2) is 8.42 Å². The Bertz CT molecular complexity index is 782. The smallest absolute Gasteiger partial charge is 0.243 e. The third-order valence-electron chi connectivity index (χ3n) is 3.97. The molecule has 1 aliphatic heterocycles. The summed E-state index contributed by atoms with van der Waals surface area (Å²) in [6, 6.07) is 9.92. The second-order valence-electron chi connectivity index (χ2n) is 5.60. The van der Waals surface area contributed by atoms with Crippen molar-refractivity contribution in [3.05, 3.63) is 48.3 Å². The van der Waals surface area contributed by atoms with Crippen molar-refractivity contribution < 1.29 is 13.2 Å². The number of carbonyl (C=O) groups excluding carboxylic acids is 1. The first-order chi connectivity index (χ1) is 11.0. The van der Waals surface area contributed by atoms with Gasteiger partial charge in [0.1, 0.15) is 0 Å². The van der Waals surface area contributed by atoms with Crippen molar-refractivity contribution in [3.8, 4) is 0 Å². The lowest BCUT2D eigenvalue weighted by atomic mass is 10.2. The van der Waals surface area contributed by atoms with Crippen LogP contribution in [0.4, 0.5) is 5.69 Å². The lowest BCUT2D eigenvalue weighted by molar-refractivity contribution is -0.114. The van der Waals surface area contributed by atoms with E-state index in [4.69, 9.17) is 0 Å². The Morgan fingerprint density at radius 1 is 1.26 bits per heavy atom. The van der Waals surface area contributed by atoms with E-state index in [9.17, 15) is 13.2 Å². The van der Waals surface area contributed by atoms with E-state index in [1.54, 1.807) is 22.6 Å². The molecule has 1 aromatic carbocycles. The number of aromatic nitrogens is 1. The van der Waals surface area contributed by atoms with Crippen LogP contribution >= 0.6 is 0 Å². The molecule has 0 spiro atoms. The minimum Gasteiger partial charge on any atom is -0.364 e. The van der Waals surface area contributed by atoms with Crippen molar-refractivity contribution >= 4 is 21.6 Å². The first kappa shape index (κ1) is 15.8. The zero-order valence-electron chi connectivity index (χ0n) is 12.8. The summed E-state index contributed by atoms with van der Waals surface area (Å²) < 4.78 is 27.3. The highest BCUT2D eigenvalue weighted by Crippen LogP contribution is 2.35. The molecule has 1 unspecified atom stereocenters. The van der Waals surface area contributed by atoms with E-state index in [1.807, 2.05) is 12.1 Å². The average molecular weight is 333 g/mol. The van der Waals surface area contributed by atoms with Crippen LogP contribution in [-0.2, 0) is 14.8 Å². The standard InChI is InChI=1S/C16H19N3O3S/c1-12(20)18-13-6-8-14(9-7-13)23(21,22)19-11-3-5-16(19)15-4-2-10-17-15/h2,4,6-10,16-17H,3,5,11H2,1H3,(H,18,20). The lowest BCUT2D eigenvalue weighted by Crippen LogP contribution is -2.30. The molecule has 2 N–H and O–H groups in total. The highest BCUT2D eigenvalue weighted by atomic mass is 32.2. The first-order valence-corrected chi connectivity index (χ1v) is 8.95. The van der Waals surface area contributed by atoms with E-state index in [-0.39, 0.29) is 16.8 Å². The van der Waals surface area contributed by atoms with Crippen molar-refractivity contribution in [1.29, 1.82) is 0 Å². The molecule has 7 heteroatoms. The van der Waals surface area contributed by atoms with Gasteiger partial charge in [-0.15, -0.1) is 0 Å². The van der Waals surface area contributed by atoms with Crippen molar-refractivity contribution in [2.24, 2.45) is 0 Å². The molecule has 1 amide bonds. The molecule has 1 saturated heterocycles. The summed E-state index contributed by atoms with van der Waals surface area (Å²) in [6.45, 7) is 1.93. The van der Waals surface area contributed by atoms with Crippen LogP contribution in [0.2, 0.25) is 0 Å². The van der Waals surface area contributed by atoms with Gasteiger partial charge in [-0.05, 0) is 49.2 Å². The van der Waals surface area contributed by atoms with Gasteiger partial charge in [0.15, 0.2) is 0 Å². The number of nitrogens with one attached hydrogen (secondary N) is 2. The summed E-state index contributed by atoms with van der Waals surface area (Å²) >= 11 is 0. The molecule has 1 aromatic heterocycles. The molecule has 1 aliphatic rings. The number of benzene rings is 1. The molecule has 6 nitrogen and oxygen atoms in total. The normalized spacial score (nSPS) is 18.9. The summed E-state index contributed by atoms with van der Waals surface area (Å²) in [6.07, 6.45) is 3.46. The number of carbonyl (C=O) groups is 1. The monoisotopic (exact) mass is 333 g/mol. The summed E-state index contributed by atoms with van der Waals surface area (Å²) in [5, 5.41) is 2.63. The molecule has 3 rings (SSSR count). The summed E-state index contributed by atoms with van der Waals surface area (Å²) in [7, 11) is -3.56. The first-order valence-electron chi connectivity index (χ1n) is 7.51. The zero-order valence-corrected chi connectivity index (χ0v) is 13.6. The van der Waals surface area contributed by atoms with Crippen LogP contribution in [0.25, 0.3) is 0 Å². The summed E-state index contributed by atoms with van der Waals surface area (Å²) in [5.41, 5.74) is 1.50. The molecule has 2 aromatic rings. The fraction of sp³-hybridized carbons (Fsp3) is 0.312. The number of nitrogens with zero attached hydrogens (tertiary/aromatic N) is 1. The quantitative estimate of drug-likeness (QED) is 0.902. The third kappa shape index (κ3) is 3.16. The average Bonchev–Trinajstić information content (AvgIpc) is 3.18. The molecular formula is C16H19N3O3S. The maximum Gasteiger partial charge on any atom is 0.243 e. The molecule has 0 aliphatic carbocycles. The van der Waals surface area contributed by atoms with Crippen molar-refractivity contribution in [1.82, 2.24) is 9.29 Å². The van der Waals surface area contributed by atoms with Gasteiger partial charge in [0.25, 0.3) is 0 Å². The lowest BCUT2D eigenvalue weighted by Gasteiger charge is -2.23. The van der Waals surface area contributed by atoms with E-state index in [1.165, 1.54) is 19.1 Å². The second-order valence-corrected chi connectivity index (χ2v) is 7.50. The Morgan fingerprint density at radius 3 is 2.61 bits per heavy atom. The van der Waals surface area contributed by atoms with E-state index >= 15 is 0 Å². The van der Waals surface area contributed by atoms with Crippen LogP contribution in [-0.4, -0.2) is 30.2 Å². The van der Waals surface area contributed by atoms with Gasteiger partial charge < -0.3 is 10.3 Å². The van der Waals surface area contributed by atoms with Crippen LogP contribution in [0.3, 0.4) is 0 Å². The van der Waals surface area contributed by atoms with Gasteiger partial charge in [0.05, 0.1) is 10.9 Å². The molecule has 0 radical (unpaired) electrons. The van der Waals surface area contributed by atoms with Crippen molar-refractivity contribution in [2.45, 2.75) is 30.7 Å². The largest absolute Gasteiger partial charge is 0.364 e. The molecule has 2 heterocycles. The predicted molar refractivity (Wildman–Crippen MR) is 87.4 cm³/mol. The Balaban J connectivity index is 1.87. The van der Waals surface area contributed by atoms with Crippen LogP contribution in [0, 0.1) is 0 Å². The van der Waals surface area contributed by atoms with Gasteiger partial charge >= 0.3 is 0 Å². The topological polar surface area (TPSA) is 82.3 Å². The van der Waals surface area contributed by atoms with Gasteiger partial charge in [0.2, 0.25) is 15.9 Å². The number of H-pyrrole nitrogens is 1. The number of amides is 1. The van der Waals surface area contributed by atoms with Gasteiger partial charge in [-0.3, -0.25) is 4.79 Å². The van der Waals surface area contributed by atoms with Crippen LogP contribution < -0.4 is 5.32 Å². The second kappa shape index (κ2) is 6.17. The van der Waals surface area contributed by atoms with Crippen LogP contribution in [0.15, 0.2) is 47.5 Å².